The van der Waals surface area contributed by atoms with Crippen LogP contribution in [0.4, 0.5) is 0 Å². The number of carbonyl (C=O) groups excluding carboxylic acids is 1. The molecule has 0 unspecified atom stereocenters. The maximum Gasteiger partial charge on any atom is 0.231 e. The summed E-state index contributed by atoms with van der Waals surface area (Å²) in [5.41, 5.74) is 0. The third kappa shape index (κ3) is 2.27. The van der Waals surface area contributed by atoms with Crippen molar-refractivity contribution in [2.75, 3.05) is 26.2 Å². The average Bonchev–Trinajstić information content (AvgIpc) is 2.30. The Hall–Kier alpha value is -0.570. The monoisotopic (exact) mass is 197 g/mol. The van der Waals surface area contributed by atoms with E-state index < -0.39 is 0 Å². The highest BCUT2D eigenvalue weighted by Crippen LogP contribution is 2.15. The summed E-state index contributed by atoms with van der Waals surface area (Å²) in [6, 6.07) is 0. The lowest BCUT2D eigenvalue weighted by Gasteiger charge is -2.31. The van der Waals surface area contributed by atoms with Crippen molar-refractivity contribution in [3.8, 4) is 0 Å². The smallest absolute Gasteiger partial charge is 0.231 e. The fourth-order valence-corrected chi connectivity index (χ4v) is 2.54. The van der Waals surface area contributed by atoms with Gasteiger partial charge in [0.15, 0.2) is 0 Å². The zero-order valence-corrected chi connectivity index (χ0v) is 8.87. The largest absolute Gasteiger partial charge is 0.346 e. The van der Waals surface area contributed by atoms with Crippen molar-refractivity contribution >= 4 is 5.91 Å². The van der Waals surface area contributed by atoms with Gasteiger partial charge in [-0.3, -0.25) is 4.79 Å². The van der Waals surface area contributed by atoms with Gasteiger partial charge in [-0.2, -0.15) is 0 Å². The minimum absolute atomic E-state index is 0.321. The van der Waals surface area contributed by atoms with Gasteiger partial charge < -0.3 is 10.2 Å². The van der Waals surface area contributed by atoms with Crippen molar-refractivity contribution in [1.29, 1.82) is 0 Å². The van der Waals surface area contributed by atoms with Crippen molar-refractivity contribution in [3.63, 3.8) is 0 Å². The number of likely N-dealkylation sites (tertiary alicyclic amines) is 1. The molecule has 0 bridgehead atoms. The third-order valence-electron chi connectivity index (χ3n) is 3.43. The van der Waals surface area contributed by atoms with E-state index in [-0.39, 0.29) is 0 Å². The van der Waals surface area contributed by atoms with Gasteiger partial charge >= 0.3 is 0 Å². The molecule has 0 aliphatic carbocycles. The molecule has 0 aromatic rings. The summed E-state index contributed by atoms with van der Waals surface area (Å²) in [4.78, 5) is 14.1. The van der Waals surface area contributed by atoms with Crippen LogP contribution in [0.15, 0.2) is 0 Å². The molecule has 0 spiro atoms. The van der Waals surface area contributed by atoms with E-state index in [1.807, 2.05) is 0 Å². The molecule has 0 saturated carbocycles. The van der Waals surface area contributed by atoms with Crippen molar-refractivity contribution in [1.82, 2.24) is 4.90 Å². The van der Waals surface area contributed by atoms with E-state index in [1.165, 1.54) is 32.2 Å². The van der Waals surface area contributed by atoms with Crippen molar-refractivity contribution in [2.24, 2.45) is 5.92 Å². The predicted molar refractivity (Wildman–Crippen MR) is 54.8 cm³/mol. The van der Waals surface area contributed by atoms with Gasteiger partial charge in [-0.05, 0) is 32.1 Å². The standard InChI is InChI=1S/C11H20N2O/c14-11(10-5-4-6-12-9-10)13-7-2-1-3-8-13/h10,12H,1-9H2/p+1/t10-/m0/s1. The Morgan fingerprint density at radius 3 is 2.57 bits per heavy atom. The zero-order chi connectivity index (χ0) is 9.80. The van der Waals surface area contributed by atoms with Crippen molar-refractivity contribution in [2.45, 2.75) is 32.1 Å². The van der Waals surface area contributed by atoms with E-state index in [9.17, 15) is 4.79 Å². The Labute approximate surface area is 85.8 Å². The van der Waals surface area contributed by atoms with E-state index in [4.69, 9.17) is 0 Å². The van der Waals surface area contributed by atoms with Crippen molar-refractivity contribution < 1.29 is 10.1 Å². The lowest BCUT2D eigenvalue weighted by molar-refractivity contribution is -0.666. The normalized spacial score (nSPS) is 28.9. The molecule has 14 heavy (non-hydrogen) atoms. The number of nitrogens with two attached hydrogens (primary N) is 1. The maximum absolute atomic E-state index is 12.1. The summed E-state index contributed by atoms with van der Waals surface area (Å²) in [6.45, 7) is 4.25. The Kier molecular flexibility index (Phi) is 3.40. The van der Waals surface area contributed by atoms with E-state index in [0.29, 0.717) is 11.8 Å². The highest BCUT2D eigenvalue weighted by molar-refractivity contribution is 5.79. The van der Waals surface area contributed by atoms with Gasteiger partial charge in [0.25, 0.3) is 0 Å². The summed E-state index contributed by atoms with van der Waals surface area (Å²) in [5, 5.41) is 2.29. The zero-order valence-electron chi connectivity index (χ0n) is 8.87. The molecule has 0 aromatic carbocycles. The second-order valence-electron chi connectivity index (χ2n) is 4.54. The van der Waals surface area contributed by atoms with Gasteiger partial charge in [0.05, 0.1) is 19.0 Å². The van der Waals surface area contributed by atoms with E-state index in [0.717, 1.165) is 26.1 Å². The lowest BCUT2D eigenvalue weighted by Crippen LogP contribution is -2.87. The predicted octanol–water partition coefficient (Wildman–Crippen LogP) is -0.0277. The van der Waals surface area contributed by atoms with E-state index >= 15 is 0 Å². The van der Waals surface area contributed by atoms with E-state index in [1.54, 1.807) is 0 Å². The van der Waals surface area contributed by atoms with Gasteiger partial charge in [-0.15, -0.1) is 0 Å². The number of quaternary nitrogens is 1. The number of hydrogen-bond donors (Lipinski definition) is 1. The first-order chi connectivity index (χ1) is 6.88. The minimum Gasteiger partial charge on any atom is -0.346 e. The molecule has 2 N–H and O–H groups in total. The molecule has 2 saturated heterocycles. The number of hydrogen-bond acceptors (Lipinski definition) is 1. The third-order valence-corrected chi connectivity index (χ3v) is 3.43. The molecule has 2 heterocycles. The molecule has 2 aliphatic rings. The number of piperidine rings is 2. The van der Waals surface area contributed by atoms with Crippen LogP contribution in [-0.4, -0.2) is 37.0 Å². The summed E-state index contributed by atoms with van der Waals surface area (Å²) < 4.78 is 0. The Bertz CT molecular complexity index is 173. The molecule has 3 heteroatoms. The van der Waals surface area contributed by atoms with Gasteiger partial charge in [-0.25, -0.2) is 0 Å². The summed E-state index contributed by atoms with van der Waals surface area (Å²) in [5.74, 6) is 0.752. The minimum atomic E-state index is 0.321. The number of rotatable bonds is 1. The van der Waals surface area contributed by atoms with Gasteiger partial charge in [-0.1, -0.05) is 0 Å². The highest BCUT2D eigenvalue weighted by Gasteiger charge is 2.28. The topological polar surface area (TPSA) is 36.9 Å². The lowest BCUT2D eigenvalue weighted by atomic mass is 9.97. The quantitative estimate of drug-likeness (QED) is 0.630. The van der Waals surface area contributed by atoms with Crippen LogP contribution in [0.1, 0.15) is 32.1 Å². The van der Waals surface area contributed by atoms with Crippen LogP contribution in [0.2, 0.25) is 0 Å². The molecule has 80 valence electrons. The SMILES string of the molecule is O=C([C@H]1CCC[NH2+]C1)N1CCCCC1. The number of carbonyl (C=O) groups is 1. The fraction of sp³-hybridized carbons (Fsp3) is 0.909. The second kappa shape index (κ2) is 4.78. The Morgan fingerprint density at radius 2 is 1.93 bits per heavy atom. The molecule has 1 atom stereocenters. The van der Waals surface area contributed by atoms with Gasteiger partial charge in [0, 0.05) is 13.1 Å². The second-order valence-corrected chi connectivity index (χ2v) is 4.54. The van der Waals surface area contributed by atoms with Gasteiger partial charge in [0.1, 0.15) is 0 Å². The fourth-order valence-electron chi connectivity index (χ4n) is 2.54. The molecule has 2 aliphatic heterocycles. The first-order valence-electron chi connectivity index (χ1n) is 5.98. The molecule has 2 rings (SSSR count). The molecule has 0 aromatic heterocycles. The number of nitrogens with zero attached hydrogens (tertiary/aromatic N) is 1. The van der Waals surface area contributed by atoms with Crippen LogP contribution in [0, 0.1) is 5.92 Å². The molecular weight excluding hydrogens is 176 g/mol. The first-order valence-corrected chi connectivity index (χ1v) is 5.98. The van der Waals surface area contributed by atoms with Crippen LogP contribution < -0.4 is 5.32 Å². The van der Waals surface area contributed by atoms with Crippen LogP contribution >= 0.6 is 0 Å². The summed E-state index contributed by atoms with van der Waals surface area (Å²) >= 11 is 0. The summed E-state index contributed by atoms with van der Waals surface area (Å²) in [7, 11) is 0. The molecule has 2 fully saturated rings. The molecule has 0 radical (unpaired) electrons. The number of amides is 1. The highest BCUT2D eigenvalue weighted by atomic mass is 16.2. The van der Waals surface area contributed by atoms with Crippen LogP contribution in [0.3, 0.4) is 0 Å². The van der Waals surface area contributed by atoms with E-state index in [2.05, 4.69) is 10.2 Å². The van der Waals surface area contributed by atoms with Crippen LogP contribution in [-0.2, 0) is 4.79 Å². The van der Waals surface area contributed by atoms with Gasteiger partial charge in [0.2, 0.25) is 5.91 Å². The molecule has 3 nitrogen and oxygen atoms in total. The van der Waals surface area contributed by atoms with Crippen LogP contribution in [0.25, 0.3) is 0 Å². The van der Waals surface area contributed by atoms with Crippen molar-refractivity contribution in [3.05, 3.63) is 0 Å². The maximum atomic E-state index is 12.1. The first kappa shape index (κ1) is 9.97. The van der Waals surface area contributed by atoms with Crippen LogP contribution in [0.5, 0.6) is 0 Å². The Morgan fingerprint density at radius 1 is 1.14 bits per heavy atom. The Balaban J connectivity index is 1.85. The average molecular weight is 197 g/mol. The molecule has 1 amide bonds. The summed E-state index contributed by atoms with van der Waals surface area (Å²) in [6.07, 6.45) is 6.06. The molecular formula is C11H21N2O+.